The molecule has 12 heteroatoms. The summed E-state index contributed by atoms with van der Waals surface area (Å²) in [5.74, 6) is -1.00. The summed E-state index contributed by atoms with van der Waals surface area (Å²) in [6.45, 7) is 0. The van der Waals surface area contributed by atoms with Gasteiger partial charge in [-0.3, -0.25) is 15.2 Å². The topological polar surface area (TPSA) is 81.8 Å². The van der Waals surface area contributed by atoms with E-state index < -0.39 is 35.8 Å². The molecule has 164 valence electrons. The number of carbonyl (C=O) groups excluding carboxylic acids is 1. The van der Waals surface area contributed by atoms with Crippen molar-refractivity contribution in [2.75, 3.05) is 5.32 Å². The summed E-state index contributed by atoms with van der Waals surface area (Å²) in [7, 11) is 0. The highest BCUT2D eigenvalue weighted by atomic mass is 19.4. The summed E-state index contributed by atoms with van der Waals surface area (Å²) in [6, 6.07) is 4.59. The van der Waals surface area contributed by atoms with Gasteiger partial charge in [0.15, 0.2) is 12.1 Å². The van der Waals surface area contributed by atoms with Gasteiger partial charge in [0.2, 0.25) is 0 Å². The molecule has 1 aliphatic carbocycles. The number of H-pyrrole nitrogens is 1. The van der Waals surface area contributed by atoms with Crippen LogP contribution in [0.25, 0.3) is 0 Å². The van der Waals surface area contributed by atoms with Crippen LogP contribution in [0.5, 0.6) is 0 Å². The summed E-state index contributed by atoms with van der Waals surface area (Å²) in [5.41, 5.74) is -2.29. The first-order valence-electron chi connectivity index (χ1n) is 9.16. The number of nitrogens with one attached hydrogen (secondary N) is 4. The predicted molar refractivity (Wildman–Crippen MR) is 95.3 cm³/mol. The van der Waals surface area contributed by atoms with Crippen molar-refractivity contribution in [1.82, 2.24) is 20.8 Å². The van der Waals surface area contributed by atoms with E-state index in [1.165, 1.54) is 6.07 Å². The minimum Gasteiger partial charge on any atom is -0.336 e. The highest BCUT2D eigenvalue weighted by Gasteiger charge is 2.34. The molecular weight excluding hydrogens is 416 g/mol. The number of aromatic nitrogens is 2. The number of carbonyl (C=O) groups is 1. The molecule has 1 unspecified atom stereocenters. The molecule has 1 heterocycles. The summed E-state index contributed by atoms with van der Waals surface area (Å²) >= 11 is 0. The van der Waals surface area contributed by atoms with Crippen LogP contribution in [0.2, 0.25) is 0 Å². The third-order valence-corrected chi connectivity index (χ3v) is 4.66. The average Bonchev–Trinajstić information content (AvgIpc) is 3.33. The van der Waals surface area contributed by atoms with Gasteiger partial charge in [0.25, 0.3) is 5.91 Å². The van der Waals surface area contributed by atoms with Gasteiger partial charge in [-0.15, -0.1) is 0 Å². The number of nitrogens with zero attached hydrogens (tertiary/aromatic N) is 1. The average molecular weight is 435 g/mol. The number of amides is 1. The molecule has 1 aliphatic rings. The SMILES string of the molecule is O=C(NC(Nc1cc(C(F)(F)F)[nH]n1)NC1CCCC1)c1cccc(C(F)(F)F)c1. The molecule has 0 aliphatic heterocycles. The Morgan fingerprint density at radius 3 is 2.37 bits per heavy atom. The van der Waals surface area contributed by atoms with Crippen LogP contribution >= 0.6 is 0 Å². The van der Waals surface area contributed by atoms with Crippen molar-refractivity contribution in [2.45, 2.75) is 50.4 Å². The smallest absolute Gasteiger partial charge is 0.336 e. The molecule has 1 atom stereocenters. The van der Waals surface area contributed by atoms with E-state index >= 15 is 0 Å². The summed E-state index contributed by atoms with van der Waals surface area (Å²) in [6.07, 6.45) is -6.78. The maximum atomic E-state index is 12.9. The summed E-state index contributed by atoms with van der Waals surface area (Å²) in [5, 5.41) is 13.5. The number of alkyl halides is 6. The van der Waals surface area contributed by atoms with E-state index in [0.29, 0.717) is 6.07 Å². The van der Waals surface area contributed by atoms with Gasteiger partial charge >= 0.3 is 12.4 Å². The van der Waals surface area contributed by atoms with Crippen LogP contribution in [0.15, 0.2) is 30.3 Å². The van der Waals surface area contributed by atoms with Crippen LogP contribution < -0.4 is 16.0 Å². The van der Waals surface area contributed by atoms with Gasteiger partial charge in [0.05, 0.1) is 5.56 Å². The Labute approximate surface area is 167 Å². The standard InChI is InChI=1S/C18H19F6N5O/c19-17(20,21)11-5-3-4-10(8-11)15(30)27-16(25-12-6-1-2-7-12)26-14-9-13(28-29-14)18(22,23)24/h3-5,8-9,12,16,25H,1-2,6-7H2,(H,27,30)(H2,26,28,29). The van der Waals surface area contributed by atoms with Gasteiger partial charge in [-0.05, 0) is 31.0 Å². The second-order valence-electron chi connectivity index (χ2n) is 6.94. The normalized spacial score (nSPS) is 16.5. The van der Waals surface area contributed by atoms with Crippen molar-refractivity contribution >= 4 is 11.7 Å². The van der Waals surface area contributed by atoms with Gasteiger partial charge in [-0.25, -0.2) is 0 Å². The van der Waals surface area contributed by atoms with Crippen LogP contribution in [0.1, 0.15) is 47.3 Å². The predicted octanol–water partition coefficient (Wildman–Crippen LogP) is 4.11. The van der Waals surface area contributed by atoms with Crippen molar-refractivity contribution in [3.8, 4) is 0 Å². The fourth-order valence-corrected chi connectivity index (χ4v) is 3.19. The molecular formula is C18H19F6N5O. The fourth-order valence-electron chi connectivity index (χ4n) is 3.19. The highest BCUT2D eigenvalue weighted by Crippen LogP contribution is 2.30. The second-order valence-corrected chi connectivity index (χ2v) is 6.94. The Balaban J connectivity index is 1.75. The first kappa shape index (κ1) is 21.9. The lowest BCUT2D eigenvalue weighted by Crippen LogP contribution is -2.53. The van der Waals surface area contributed by atoms with E-state index in [1.807, 2.05) is 5.10 Å². The first-order valence-corrected chi connectivity index (χ1v) is 9.16. The zero-order chi connectivity index (χ0) is 21.9. The molecule has 0 spiro atoms. The van der Waals surface area contributed by atoms with Gasteiger partial charge < -0.3 is 10.6 Å². The highest BCUT2D eigenvalue weighted by molar-refractivity contribution is 5.94. The monoisotopic (exact) mass is 435 g/mol. The molecule has 30 heavy (non-hydrogen) atoms. The van der Waals surface area contributed by atoms with E-state index in [1.54, 1.807) is 0 Å². The van der Waals surface area contributed by atoms with Crippen molar-refractivity contribution in [2.24, 2.45) is 0 Å². The Bertz CT molecular complexity index is 872. The van der Waals surface area contributed by atoms with E-state index in [-0.39, 0.29) is 17.4 Å². The molecule has 3 rings (SSSR count). The molecule has 2 aromatic rings. The lowest BCUT2D eigenvalue weighted by Gasteiger charge is -2.25. The zero-order valence-electron chi connectivity index (χ0n) is 15.5. The molecule has 1 fully saturated rings. The number of benzene rings is 1. The van der Waals surface area contributed by atoms with Crippen molar-refractivity contribution < 1.29 is 31.1 Å². The van der Waals surface area contributed by atoms with E-state index in [0.717, 1.165) is 43.9 Å². The van der Waals surface area contributed by atoms with Crippen molar-refractivity contribution in [3.05, 3.63) is 47.2 Å². The van der Waals surface area contributed by atoms with Crippen LogP contribution in [0, 0.1) is 0 Å². The van der Waals surface area contributed by atoms with Crippen LogP contribution in [-0.2, 0) is 12.4 Å². The Morgan fingerprint density at radius 2 is 1.77 bits per heavy atom. The van der Waals surface area contributed by atoms with Crippen LogP contribution in [-0.4, -0.2) is 28.4 Å². The Morgan fingerprint density at radius 1 is 1.07 bits per heavy atom. The van der Waals surface area contributed by atoms with Crippen LogP contribution in [0.4, 0.5) is 32.2 Å². The Hall–Kier alpha value is -2.76. The number of rotatable bonds is 6. The van der Waals surface area contributed by atoms with Gasteiger partial charge in [0, 0.05) is 17.7 Å². The molecule has 4 N–H and O–H groups in total. The molecule has 0 saturated heterocycles. The Kier molecular flexibility index (Phi) is 6.25. The number of hydrogen-bond donors (Lipinski definition) is 4. The molecule has 0 bridgehead atoms. The molecule has 1 aromatic carbocycles. The number of anilines is 1. The lowest BCUT2D eigenvalue weighted by atomic mass is 10.1. The van der Waals surface area contributed by atoms with Gasteiger partial charge in [0.1, 0.15) is 5.69 Å². The van der Waals surface area contributed by atoms with E-state index in [2.05, 4.69) is 21.0 Å². The quantitative estimate of drug-likeness (QED) is 0.407. The zero-order valence-corrected chi connectivity index (χ0v) is 15.5. The van der Waals surface area contributed by atoms with Crippen molar-refractivity contribution in [3.63, 3.8) is 0 Å². The van der Waals surface area contributed by atoms with Crippen molar-refractivity contribution in [1.29, 1.82) is 0 Å². The fraction of sp³-hybridized carbons (Fsp3) is 0.444. The molecule has 1 aromatic heterocycles. The molecule has 1 amide bonds. The summed E-state index contributed by atoms with van der Waals surface area (Å²) in [4.78, 5) is 12.5. The van der Waals surface area contributed by atoms with Gasteiger partial charge in [-0.2, -0.15) is 31.4 Å². The number of halogens is 6. The number of aromatic amines is 1. The minimum absolute atomic E-state index is 0.00895. The molecule has 1 saturated carbocycles. The van der Waals surface area contributed by atoms with E-state index in [4.69, 9.17) is 0 Å². The summed E-state index contributed by atoms with van der Waals surface area (Å²) < 4.78 is 76.9. The largest absolute Gasteiger partial charge is 0.432 e. The maximum Gasteiger partial charge on any atom is 0.432 e. The third-order valence-electron chi connectivity index (χ3n) is 4.66. The molecule has 6 nitrogen and oxygen atoms in total. The first-order chi connectivity index (χ1) is 14.0. The second kappa shape index (κ2) is 8.54. The number of hydrogen-bond acceptors (Lipinski definition) is 4. The van der Waals surface area contributed by atoms with E-state index in [9.17, 15) is 31.1 Å². The minimum atomic E-state index is -4.62. The van der Waals surface area contributed by atoms with Gasteiger partial charge in [-0.1, -0.05) is 18.9 Å². The third kappa shape index (κ3) is 5.65. The van der Waals surface area contributed by atoms with Crippen LogP contribution in [0.3, 0.4) is 0 Å². The maximum absolute atomic E-state index is 12.9. The molecule has 0 radical (unpaired) electrons. The lowest BCUT2D eigenvalue weighted by molar-refractivity contribution is -0.141.